The molecule has 1 aliphatic heterocycles. The summed E-state index contributed by atoms with van der Waals surface area (Å²) < 4.78 is 18.6. The number of carboxylic acids is 1. The van der Waals surface area contributed by atoms with Gasteiger partial charge in [-0.3, -0.25) is 9.69 Å². The Kier molecular flexibility index (Phi) is 3.99. The van der Waals surface area contributed by atoms with E-state index < -0.39 is 17.2 Å². The molecule has 2 rings (SSSR count). The van der Waals surface area contributed by atoms with Crippen LogP contribution in [0.2, 0.25) is 0 Å². The van der Waals surface area contributed by atoms with Crippen molar-refractivity contribution in [1.82, 2.24) is 4.90 Å². The van der Waals surface area contributed by atoms with Crippen molar-refractivity contribution in [1.29, 1.82) is 0 Å². The van der Waals surface area contributed by atoms with Crippen LogP contribution in [-0.4, -0.2) is 36.2 Å². The molecule has 20 heavy (non-hydrogen) atoms. The van der Waals surface area contributed by atoms with Crippen LogP contribution in [0.25, 0.3) is 0 Å². The number of nitrogens with zero attached hydrogens (tertiary/aromatic N) is 1. The van der Waals surface area contributed by atoms with Crippen LogP contribution >= 0.6 is 0 Å². The number of benzene rings is 1. The van der Waals surface area contributed by atoms with E-state index in [0.29, 0.717) is 19.5 Å². The standard InChI is InChI=1S/C15H20FNO3/c1-10(11-4-5-13(20-3)12(16)8-11)17-7-6-15(2,9-17)14(18)19/h4-5,8,10H,6-7,9H2,1-3H3,(H,18,19). The lowest BCUT2D eigenvalue weighted by Gasteiger charge is -2.26. The maximum atomic E-state index is 13.7. The van der Waals surface area contributed by atoms with E-state index in [1.54, 1.807) is 13.0 Å². The fraction of sp³-hybridized carbons (Fsp3) is 0.533. The number of ether oxygens (including phenoxy) is 1. The van der Waals surface area contributed by atoms with E-state index in [2.05, 4.69) is 4.90 Å². The molecule has 1 aliphatic rings. The highest BCUT2D eigenvalue weighted by Crippen LogP contribution is 2.36. The minimum Gasteiger partial charge on any atom is -0.494 e. The van der Waals surface area contributed by atoms with Crippen LogP contribution in [0.15, 0.2) is 18.2 Å². The van der Waals surface area contributed by atoms with Crippen molar-refractivity contribution in [3.8, 4) is 5.75 Å². The number of hydrogen-bond acceptors (Lipinski definition) is 3. The summed E-state index contributed by atoms with van der Waals surface area (Å²) in [6, 6.07) is 4.87. The number of methoxy groups -OCH3 is 1. The van der Waals surface area contributed by atoms with E-state index in [0.717, 1.165) is 5.56 Å². The van der Waals surface area contributed by atoms with E-state index in [4.69, 9.17) is 4.74 Å². The number of rotatable bonds is 4. The molecule has 0 aliphatic carbocycles. The Morgan fingerprint density at radius 3 is 2.75 bits per heavy atom. The predicted octanol–water partition coefficient (Wildman–Crippen LogP) is 2.69. The van der Waals surface area contributed by atoms with Crippen LogP contribution in [0.1, 0.15) is 31.9 Å². The summed E-state index contributed by atoms with van der Waals surface area (Å²) in [5, 5.41) is 9.25. The molecule has 1 aromatic carbocycles. The van der Waals surface area contributed by atoms with E-state index in [-0.39, 0.29) is 11.8 Å². The molecule has 1 saturated heterocycles. The first-order valence-corrected chi connectivity index (χ1v) is 6.68. The van der Waals surface area contributed by atoms with Crippen LogP contribution in [0.3, 0.4) is 0 Å². The van der Waals surface area contributed by atoms with Gasteiger partial charge in [0.25, 0.3) is 0 Å². The summed E-state index contributed by atoms with van der Waals surface area (Å²) in [6.07, 6.45) is 0.616. The number of carboxylic acid groups (broad SMARTS) is 1. The Morgan fingerprint density at radius 1 is 1.55 bits per heavy atom. The zero-order valence-corrected chi connectivity index (χ0v) is 12.0. The van der Waals surface area contributed by atoms with Gasteiger partial charge in [0.1, 0.15) is 0 Å². The Labute approximate surface area is 118 Å². The molecule has 0 radical (unpaired) electrons. The van der Waals surface area contributed by atoms with Crippen molar-refractivity contribution < 1.29 is 19.0 Å². The van der Waals surface area contributed by atoms with Gasteiger partial charge in [0.15, 0.2) is 11.6 Å². The second-order valence-corrected chi connectivity index (χ2v) is 5.66. The maximum absolute atomic E-state index is 13.7. The molecule has 0 spiro atoms. The molecule has 1 N–H and O–H groups in total. The summed E-state index contributed by atoms with van der Waals surface area (Å²) in [5.41, 5.74) is 0.122. The van der Waals surface area contributed by atoms with Crippen molar-refractivity contribution in [2.75, 3.05) is 20.2 Å². The Hall–Kier alpha value is -1.62. The highest BCUT2D eigenvalue weighted by molar-refractivity contribution is 5.74. The third kappa shape index (κ3) is 2.63. The Bertz CT molecular complexity index is 520. The molecule has 2 unspecified atom stereocenters. The second kappa shape index (κ2) is 5.40. The molecule has 0 aromatic heterocycles. The number of carbonyl (C=O) groups is 1. The van der Waals surface area contributed by atoms with E-state index in [9.17, 15) is 14.3 Å². The molecule has 5 heteroatoms. The first-order valence-electron chi connectivity index (χ1n) is 6.68. The third-order valence-corrected chi connectivity index (χ3v) is 4.23. The summed E-state index contributed by atoms with van der Waals surface area (Å²) in [4.78, 5) is 13.3. The molecular formula is C15H20FNO3. The lowest BCUT2D eigenvalue weighted by Crippen LogP contribution is -2.32. The van der Waals surface area contributed by atoms with Gasteiger partial charge in [0.05, 0.1) is 12.5 Å². The van der Waals surface area contributed by atoms with Crippen LogP contribution < -0.4 is 4.74 Å². The van der Waals surface area contributed by atoms with Gasteiger partial charge < -0.3 is 9.84 Å². The first kappa shape index (κ1) is 14.8. The maximum Gasteiger partial charge on any atom is 0.310 e. The average Bonchev–Trinajstić information content (AvgIpc) is 2.82. The quantitative estimate of drug-likeness (QED) is 0.922. The third-order valence-electron chi connectivity index (χ3n) is 4.23. The molecule has 1 fully saturated rings. The lowest BCUT2D eigenvalue weighted by molar-refractivity contribution is -0.147. The monoisotopic (exact) mass is 281 g/mol. The van der Waals surface area contributed by atoms with Gasteiger partial charge in [-0.25, -0.2) is 4.39 Å². The first-order chi connectivity index (χ1) is 9.37. The van der Waals surface area contributed by atoms with Gasteiger partial charge in [-0.15, -0.1) is 0 Å². The molecule has 1 aromatic rings. The van der Waals surface area contributed by atoms with Gasteiger partial charge in [0.2, 0.25) is 0 Å². The molecule has 0 bridgehead atoms. The zero-order valence-electron chi connectivity index (χ0n) is 12.0. The van der Waals surface area contributed by atoms with Crippen molar-refractivity contribution in [2.45, 2.75) is 26.3 Å². The average molecular weight is 281 g/mol. The predicted molar refractivity (Wildman–Crippen MR) is 73.3 cm³/mol. The minimum atomic E-state index is -0.770. The number of hydrogen-bond donors (Lipinski definition) is 1. The molecule has 1 heterocycles. The molecule has 0 amide bonds. The minimum absolute atomic E-state index is 0.0171. The number of halogens is 1. The van der Waals surface area contributed by atoms with Crippen molar-refractivity contribution in [2.24, 2.45) is 5.41 Å². The zero-order chi connectivity index (χ0) is 14.9. The van der Waals surface area contributed by atoms with Gasteiger partial charge in [0, 0.05) is 12.6 Å². The fourth-order valence-corrected chi connectivity index (χ4v) is 2.66. The molecule has 0 saturated carbocycles. The topological polar surface area (TPSA) is 49.8 Å². The number of aliphatic carboxylic acids is 1. The second-order valence-electron chi connectivity index (χ2n) is 5.66. The van der Waals surface area contributed by atoms with E-state index in [1.807, 2.05) is 13.0 Å². The van der Waals surface area contributed by atoms with Crippen LogP contribution in [0.5, 0.6) is 5.75 Å². The SMILES string of the molecule is COc1ccc(C(C)N2CCC(C)(C(=O)O)C2)cc1F. The van der Waals surface area contributed by atoms with Crippen molar-refractivity contribution in [3.63, 3.8) is 0 Å². The van der Waals surface area contributed by atoms with Gasteiger partial charge in [-0.05, 0) is 44.5 Å². The number of likely N-dealkylation sites (tertiary alicyclic amines) is 1. The Morgan fingerprint density at radius 2 is 2.25 bits per heavy atom. The molecule has 2 atom stereocenters. The van der Waals surface area contributed by atoms with Gasteiger partial charge in [-0.2, -0.15) is 0 Å². The van der Waals surface area contributed by atoms with E-state index >= 15 is 0 Å². The summed E-state index contributed by atoms with van der Waals surface area (Å²) in [5.74, 6) is -0.942. The van der Waals surface area contributed by atoms with Crippen LogP contribution in [-0.2, 0) is 4.79 Å². The highest BCUT2D eigenvalue weighted by atomic mass is 19.1. The largest absolute Gasteiger partial charge is 0.494 e. The summed E-state index contributed by atoms with van der Waals surface area (Å²) in [7, 11) is 1.43. The van der Waals surface area contributed by atoms with Gasteiger partial charge in [-0.1, -0.05) is 6.07 Å². The van der Waals surface area contributed by atoms with Crippen molar-refractivity contribution in [3.05, 3.63) is 29.6 Å². The van der Waals surface area contributed by atoms with Gasteiger partial charge >= 0.3 is 5.97 Å². The van der Waals surface area contributed by atoms with Crippen molar-refractivity contribution >= 4 is 5.97 Å². The fourth-order valence-electron chi connectivity index (χ4n) is 2.66. The van der Waals surface area contributed by atoms with E-state index in [1.165, 1.54) is 13.2 Å². The normalized spacial score (nSPS) is 24.6. The summed E-state index contributed by atoms with van der Waals surface area (Å²) >= 11 is 0. The summed E-state index contributed by atoms with van der Waals surface area (Å²) in [6.45, 7) is 4.92. The highest BCUT2D eigenvalue weighted by Gasteiger charge is 2.41. The molecule has 110 valence electrons. The lowest BCUT2D eigenvalue weighted by atomic mass is 9.90. The molecular weight excluding hydrogens is 261 g/mol. The van der Waals surface area contributed by atoms with Crippen LogP contribution in [0, 0.1) is 11.2 Å². The molecule has 4 nitrogen and oxygen atoms in total. The smallest absolute Gasteiger partial charge is 0.310 e. The van der Waals surface area contributed by atoms with Crippen LogP contribution in [0.4, 0.5) is 4.39 Å². The Balaban J connectivity index is 2.15.